The highest BCUT2D eigenvalue weighted by Gasteiger charge is 2.17. The van der Waals surface area contributed by atoms with Crippen LogP contribution in [0.2, 0.25) is 0 Å². The molecule has 0 saturated heterocycles. The van der Waals surface area contributed by atoms with Crippen LogP contribution in [-0.4, -0.2) is 18.9 Å². The highest BCUT2D eigenvalue weighted by molar-refractivity contribution is 7.15. The van der Waals surface area contributed by atoms with E-state index in [1.807, 2.05) is 12.3 Å². The smallest absolute Gasteiger partial charge is 0.259 e. The molecule has 1 aliphatic carbocycles. The number of hydrogen-bond donors (Lipinski definition) is 0. The summed E-state index contributed by atoms with van der Waals surface area (Å²) in [5.74, 6) is 0. The number of aromatic nitrogens is 4. The van der Waals surface area contributed by atoms with Crippen molar-refractivity contribution in [2.24, 2.45) is 0 Å². The lowest BCUT2D eigenvalue weighted by Crippen LogP contribution is -2.26. The predicted molar refractivity (Wildman–Crippen MR) is 83.7 cm³/mol. The Morgan fingerprint density at radius 3 is 3.05 bits per heavy atom. The number of nitrogens with zero attached hydrogens (tertiary/aromatic N) is 4. The maximum Gasteiger partial charge on any atom is 0.259 e. The molecule has 0 radical (unpaired) electrons. The van der Waals surface area contributed by atoms with Crippen LogP contribution in [0.5, 0.6) is 0 Å². The van der Waals surface area contributed by atoms with Gasteiger partial charge in [0.1, 0.15) is 0 Å². The summed E-state index contributed by atoms with van der Waals surface area (Å²) in [6, 6.07) is 1.49. The molecule has 0 saturated carbocycles. The van der Waals surface area contributed by atoms with Crippen molar-refractivity contribution in [3.05, 3.63) is 61.1 Å². The Bertz CT molecular complexity index is 999. The van der Waals surface area contributed by atoms with Crippen LogP contribution < -0.4 is 11.1 Å². The summed E-state index contributed by atoms with van der Waals surface area (Å²) in [5.41, 5.74) is 3.08. The lowest BCUT2D eigenvalue weighted by Gasteiger charge is -2.07. The normalized spacial score (nSPS) is 13.7. The molecule has 0 atom stereocenters. The monoisotopic (exact) mass is 314 g/mol. The minimum Gasteiger partial charge on any atom is -0.293 e. The lowest BCUT2D eigenvalue weighted by molar-refractivity contribution is 0.704. The average Bonchev–Trinajstić information content (AvgIpc) is 3.10. The minimum atomic E-state index is -0.110. The predicted octanol–water partition coefficient (Wildman–Crippen LogP) is 1.16. The number of thiazole rings is 1. The Balaban J connectivity index is 1.78. The van der Waals surface area contributed by atoms with Crippen LogP contribution in [0.1, 0.15) is 29.1 Å². The molecule has 7 heteroatoms. The summed E-state index contributed by atoms with van der Waals surface area (Å²) in [6.07, 6.45) is 4.23. The van der Waals surface area contributed by atoms with Crippen molar-refractivity contribution in [2.75, 3.05) is 0 Å². The van der Waals surface area contributed by atoms with E-state index in [0.717, 1.165) is 36.2 Å². The van der Waals surface area contributed by atoms with E-state index in [9.17, 15) is 9.59 Å². The van der Waals surface area contributed by atoms with Gasteiger partial charge in [0, 0.05) is 22.7 Å². The van der Waals surface area contributed by atoms with Gasteiger partial charge < -0.3 is 0 Å². The third kappa shape index (κ3) is 2.00. The van der Waals surface area contributed by atoms with E-state index >= 15 is 0 Å². The van der Waals surface area contributed by atoms with Gasteiger partial charge in [0.2, 0.25) is 0 Å². The van der Waals surface area contributed by atoms with Crippen LogP contribution in [0.3, 0.4) is 0 Å². The Kier molecular flexibility index (Phi) is 2.97. The maximum atomic E-state index is 12.4. The average molecular weight is 314 g/mol. The molecular weight excluding hydrogens is 300 g/mol. The summed E-state index contributed by atoms with van der Waals surface area (Å²) in [6.45, 7) is 2.16. The zero-order valence-electron chi connectivity index (χ0n) is 12.1. The molecule has 0 bridgehead atoms. The number of hydrogen-bond acceptors (Lipinski definition) is 5. The van der Waals surface area contributed by atoms with Gasteiger partial charge in [-0.15, -0.1) is 11.3 Å². The van der Waals surface area contributed by atoms with Crippen LogP contribution >= 0.6 is 11.3 Å². The van der Waals surface area contributed by atoms with Gasteiger partial charge in [-0.05, 0) is 26.2 Å². The van der Waals surface area contributed by atoms with Crippen LogP contribution in [0.4, 0.5) is 0 Å². The Morgan fingerprint density at radius 1 is 1.32 bits per heavy atom. The maximum absolute atomic E-state index is 12.4. The second kappa shape index (κ2) is 4.88. The first-order valence-electron chi connectivity index (χ1n) is 7.17. The number of rotatable bonds is 2. The topological polar surface area (TPSA) is 69.3 Å². The molecule has 22 heavy (non-hydrogen) atoms. The van der Waals surface area contributed by atoms with E-state index in [-0.39, 0.29) is 17.7 Å². The molecule has 0 amide bonds. The van der Waals surface area contributed by atoms with Crippen LogP contribution in [0.25, 0.3) is 4.96 Å². The Hall–Kier alpha value is -2.28. The summed E-state index contributed by atoms with van der Waals surface area (Å²) in [4.78, 5) is 34.1. The fourth-order valence-electron chi connectivity index (χ4n) is 2.93. The van der Waals surface area contributed by atoms with Gasteiger partial charge in [-0.1, -0.05) is 0 Å². The quantitative estimate of drug-likeness (QED) is 0.712. The fourth-order valence-corrected chi connectivity index (χ4v) is 3.83. The van der Waals surface area contributed by atoms with Crippen molar-refractivity contribution in [1.82, 2.24) is 18.9 Å². The van der Waals surface area contributed by atoms with Crippen LogP contribution in [0.15, 0.2) is 27.4 Å². The van der Waals surface area contributed by atoms with Crippen molar-refractivity contribution >= 4 is 16.3 Å². The van der Waals surface area contributed by atoms with Gasteiger partial charge in [-0.3, -0.25) is 18.6 Å². The Labute approximate surface area is 129 Å². The molecule has 0 fully saturated rings. The van der Waals surface area contributed by atoms with Gasteiger partial charge in [-0.25, -0.2) is 9.97 Å². The SMILES string of the molecule is Cc1csc2nc(Cn3cnc4c(c3=O)CCC4)cc(=O)n12. The van der Waals surface area contributed by atoms with E-state index < -0.39 is 0 Å². The molecule has 3 heterocycles. The molecule has 112 valence electrons. The molecule has 0 N–H and O–H groups in total. The first-order chi connectivity index (χ1) is 10.6. The summed E-state index contributed by atoms with van der Waals surface area (Å²) in [7, 11) is 0. The van der Waals surface area contributed by atoms with E-state index in [1.165, 1.54) is 17.4 Å². The molecule has 0 aromatic carbocycles. The molecule has 3 aromatic heterocycles. The number of aryl methyl sites for hydroxylation is 2. The minimum absolute atomic E-state index is 0.00754. The standard InChI is InChI=1S/C15H14N4O2S/c1-9-7-22-15-17-10(5-13(20)19(9)15)6-18-8-16-12-4-2-3-11(12)14(18)21/h5,7-8H,2-4,6H2,1H3. The van der Waals surface area contributed by atoms with Crippen molar-refractivity contribution in [2.45, 2.75) is 32.7 Å². The van der Waals surface area contributed by atoms with Crippen LogP contribution in [0, 0.1) is 6.92 Å². The fraction of sp³-hybridized carbons (Fsp3) is 0.333. The van der Waals surface area contributed by atoms with Crippen LogP contribution in [-0.2, 0) is 19.4 Å². The Morgan fingerprint density at radius 2 is 2.18 bits per heavy atom. The summed E-state index contributed by atoms with van der Waals surface area (Å²) < 4.78 is 3.13. The second-order valence-corrected chi connectivity index (χ2v) is 6.37. The van der Waals surface area contributed by atoms with Gasteiger partial charge in [0.15, 0.2) is 4.96 Å². The van der Waals surface area contributed by atoms with Gasteiger partial charge in [0.25, 0.3) is 11.1 Å². The molecule has 0 spiro atoms. The first kappa shape index (κ1) is 13.4. The van der Waals surface area contributed by atoms with Crippen molar-refractivity contribution in [3.8, 4) is 0 Å². The molecule has 4 rings (SSSR count). The molecular formula is C15H14N4O2S. The molecule has 0 unspecified atom stereocenters. The van der Waals surface area contributed by atoms with Gasteiger partial charge in [0.05, 0.1) is 24.3 Å². The highest BCUT2D eigenvalue weighted by Crippen LogP contribution is 2.15. The molecule has 6 nitrogen and oxygen atoms in total. The molecule has 3 aromatic rings. The van der Waals surface area contributed by atoms with E-state index in [0.29, 0.717) is 10.7 Å². The van der Waals surface area contributed by atoms with Gasteiger partial charge >= 0.3 is 0 Å². The highest BCUT2D eigenvalue weighted by atomic mass is 32.1. The molecule has 1 aliphatic rings. The lowest BCUT2D eigenvalue weighted by atomic mass is 10.2. The molecule has 0 aliphatic heterocycles. The van der Waals surface area contributed by atoms with E-state index in [4.69, 9.17) is 0 Å². The zero-order chi connectivity index (χ0) is 15.3. The largest absolute Gasteiger partial charge is 0.293 e. The third-order valence-electron chi connectivity index (χ3n) is 4.02. The number of fused-ring (bicyclic) bond motifs is 2. The second-order valence-electron chi connectivity index (χ2n) is 5.54. The van der Waals surface area contributed by atoms with E-state index in [1.54, 1.807) is 15.3 Å². The zero-order valence-corrected chi connectivity index (χ0v) is 12.9. The van der Waals surface area contributed by atoms with Crippen molar-refractivity contribution < 1.29 is 0 Å². The summed E-state index contributed by atoms with van der Waals surface area (Å²) >= 11 is 1.43. The van der Waals surface area contributed by atoms with Crippen molar-refractivity contribution in [3.63, 3.8) is 0 Å². The third-order valence-corrected chi connectivity index (χ3v) is 4.97. The van der Waals surface area contributed by atoms with Gasteiger partial charge in [-0.2, -0.15) is 0 Å². The first-order valence-corrected chi connectivity index (χ1v) is 8.05. The van der Waals surface area contributed by atoms with Crippen molar-refractivity contribution in [1.29, 1.82) is 0 Å². The van der Waals surface area contributed by atoms with E-state index in [2.05, 4.69) is 9.97 Å². The summed E-state index contributed by atoms with van der Waals surface area (Å²) in [5, 5.41) is 1.90.